The highest BCUT2D eigenvalue weighted by molar-refractivity contribution is 7.89. The number of hydrogen-bond donors (Lipinski definition) is 1. The Bertz CT molecular complexity index is 1400. The van der Waals surface area contributed by atoms with Crippen molar-refractivity contribution < 1.29 is 22.7 Å². The molecule has 1 amide bonds. The van der Waals surface area contributed by atoms with Crippen LogP contribution >= 0.6 is 23.2 Å². The second-order valence-electron chi connectivity index (χ2n) is 8.37. The number of carbonyl (C=O) groups is 2. The fourth-order valence-electron chi connectivity index (χ4n) is 4.12. The Balaban J connectivity index is 1.53. The van der Waals surface area contributed by atoms with Gasteiger partial charge in [0.05, 0.1) is 28.6 Å². The maximum Gasteiger partial charge on any atom is 0.243 e. The smallest absolute Gasteiger partial charge is 0.243 e. The number of nitrogens with one attached hydrogen (secondary N) is 1. The van der Waals surface area contributed by atoms with Crippen LogP contribution in [0.1, 0.15) is 28.8 Å². The Morgan fingerprint density at radius 1 is 1.03 bits per heavy atom. The van der Waals surface area contributed by atoms with Gasteiger partial charge in [-0.05, 0) is 49.2 Å². The van der Waals surface area contributed by atoms with Crippen LogP contribution in [0, 0.1) is 5.92 Å². The maximum atomic E-state index is 13.2. The lowest BCUT2D eigenvalue weighted by Crippen LogP contribution is -2.43. The van der Waals surface area contributed by atoms with Crippen LogP contribution in [0.5, 0.6) is 5.75 Å². The Morgan fingerprint density at radius 2 is 1.78 bits per heavy atom. The fourth-order valence-corrected chi connectivity index (χ4v) is 6.17. The molecule has 0 bridgehead atoms. The van der Waals surface area contributed by atoms with E-state index in [1.54, 1.807) is 42.5 Å². The zero-order valence-electron chi connectivity index (χ0n) is 19.4. The largest absolute Gasteiger partial charge is 0.495 e. The molecule has 3 aromatic carbocycles. The van der Waals surface area contributed by atoms with E-state index < -0.39 is 15.9 Å². The fraction of sp³-hybridized carbons (Fsp3) is 0.231. The monoisotopic (exact) mass is 546 g/mol. The van der Waals surface area contributed by atoms with Crippen molar-refractivity contribution in [1.29, 1.82) is 0 Å². The molecule has 1 atom stereocenters. The van der Waals surface area contributed by atoms with Gasteiger partial charge in [0.15, 0.2) is 5.78 Å². The third-order valence-electron chi connectivity index (χ3n) is 6.04. The highest BCUT2D eigenvalue weighted by Crippen LogP contribution is 2.31. The van der Waals surface area contributed by atoms with Crippen LogP contribution in [0.3, 0.4) is 0 Å². The molecule has 1 saturated heterocycles. The number of methoxy groups -OCH3 is 1. The van der Waals surface area contributed by atoms with E-state index in [1.165, 1.54) is 35.7 Å². The number of sulfonamides is 1. The average Bonchev–Trinajstić information content (AvgIpc) is 2.89. The molecular formula is C26H24Cl2N2O5S. The number of amides is 1. The van der Waals surface area contributed by atoms with Gasteiger partial charge in [-0.15, -0.1) is 0 Å². The molecule has 1 N–H and O–H groups in total. The Kier molecular flexibility index (Phi) is 8.00. The first-order valence-electron chi connectivity index (χ1n) is 11.2. The summed E-state index contributed by atoms with van der Waals surface area (Å²) in [4.78, 5) is 26.3. The van der Waals surface area contributed by atoms with Gasteiger partial charge < -0.3 is 10.1 Å². The van der Waals surface area contributed by atoms with Gasteiger partial charge in [-0.25, -0.2) is 8.42 Å². The summed E-state index contributed by atoms with van der Waals surface area (Å²) in [7, 11) is -2.42. The van der Waals surface area contributed by atoms with Gasteiger partial charge >= 0.3 is 0 Å². The summed E-state index contributed by atoms with van der Waals surface area (Å²) >= 11 is 12.3. The van der Waals surface area contributed by atoms with Gasteiger partial charge in [-0.2, -0.15) is 4.31 Å². The van der Waals surface area contributed by atoms with E-state index in [9.17, 15) is 18.0 Å². The third-order valence-corrected chi connectivity index (χ3v) is 8.43. The van der Waals surface area contributed by atoms with Crippen LogP contribution in [0.15, 0.2) is 71.6 Å². The minimum atomic E-state index is -3.87. The molecule has 4 rings (SSSR count). The van der Waals surface area contributed by atoms with Crippen LogP contribution in [0.2, 0.25) is 10.0 Å². The minimum absolute atomic E-state index is 0.00731. The summed E-state index contributed by atoms with van der Waals surface area (Å²) in [6.45, 7) is 0.293. The molecular weight excluding hydrogens is 523 g/mol. The Hall–Kier alpha value is -2.91. The normalized spacial score (nSPS) is 16.4. The van der Waals surface area contributed by atoms with Gasteiger partial charge in [0.1, 0.15) is 5.75 Å². The molecule has 0 spiro atoms. The van der Waals surface area contributed by atoms with E-state index in [1.807, 2.05) is 0 Å². The van der Waals surface area contributed by atoms with Gasteiger partial charge in [-0.1, -0.05) is 53.5 Å². The Labute approximate surface area is 220 Å². The molecule has 0 aliphatic carbocycles. The zero-order chi connectivity index (χ0) is 25.9. The summed E-state index contributed by atoms with van der Waals surface area (Å²) in [5.41, 5.74) is 1.04. The molecule has 0 saturated carbocycles. The van der Waals surface area contributed by atoms with Crippen LogP contribution < -0.4 is 10.1 Å². The van der Waals surface area contributed by atoms with Crippen molar-refractivity contribution in [2.24, 2.45) is 5.92 Å². The van der Waals surface area contributed by atoms with E-state index in [2.05, 4.69) is 5.32 Å². The van der Waals surface area contributed by atoms with Crippen molar-refractivity contribution in [1.82, 2.24) is 4.31 Å². The third kappa shape index (κ3) is 5.57. The van der Waals surface area contributed by atoms with Gasteiger partial charge in [-0.3, -0.25) is 9.59 Å². The van der Waals surface area contributed by atoms with Crippen molar-refractivity contribution in [3.05, 3.63) is 87.9 Å². The number of benzene rings is 3. The molecule has 188 valence electrons. The highest BCUT2D eigenvalue weighted by atomic mass is 35.5. The topological polar surface area (TPSA) is 92.8 Å². The van der Waals surface area contributed by atoms with Crippen LogP contribution in [-0.4, -0.2) is 44.6 Å². The lowest BCUT2D eigenvalue weighted by Gasteiger charge is -2.31. The quantitative estimate of drug-likeness (QED) is 0.407. The second kappa shape index (κ2) is 11.0. The highest BCUT2D eigenvalue weighted by Gasteiger charge is 2.34. The van der Waals surface area contributed by atoms with E-state index in [0.29, 0.717) is 34.9 Å². The number of ether oxygens (including phenoxy) is 1. The molecule has 0 radical (unpaired) electrons. The van der Waals surface area contributed by atoms with Gasteiger partial charge in [0.25, 0.3) is 0 Å². The number of halogens is 2. The van der Waals surface area contributed by atoms with Gasteiger partial charge in [0, 0.05) is 29.2 Å². The number of rotatable bonds is 7. The molecule has 7 nitrogen and oxygen atoms in total. The molecule has 36 heavy (non-hydrogen) atoms. The predicted octanol–water partition coefficient (Wildman–Crippen LogP) is 5.27. The summed E-state index contributed by atoms with van der Waals surface area (Å²) in [5.74, 6) is -0.877. The lowest BCUT2D eigenvalue weighted by atomic mass is 9.97. The van der Waals surface area contributed by atoms with Crippen molar-refractivity contribution in [3.8, 4) is 5.75 Å². The maximum absolute atomic E-state index is 13.2. The number of piperidine rings is 1. The summed E-state index contributed by atoms with van der Waals surface area (Å²) in [6, 6.07) is 17.6. The van der Waals surface area contributed by atoms with E-state index in [-0.39, 0.29) is 40.3 Å². The number of anilines is 1. The van der Waals surface area contributed by atoms with Crippen molar-refractivity contribution in [2.75, 3.05) is 25.5 Å². The van der Waals surface area contributed by atoms with E-state index in [4.69, 9.17) is 27.9 Å². The SMILES string of the molecule is COc1ccc(S(=O)(=O)N2CCC[C@@H](C(=O)Nc3ccc(Cl)cc3C(=O)c3ccccc3)C2)cc1Cl. The Morgan fingerprint density at radius 3 is 2.47 bits per heavy atom. The number of nitrogens with zero attached hydrogens (tertiary/aromatic N) is 1. The molecule has 10 heteroatoms. The summed E-state index contributed by atoms with van der Waals surface area (Å²) < 4.78 is 32.9. The van der Waals surface area contributed by atoms with E-state index >= 15 is 0 Å². The summed E-state index contributed by atoms with van der Waals surface area (Å²) in [6.07, 6.45) is 1.02. The number of ketones is 1. The summed E-state index contributed by atoms with van der Waals surface area (Å²) in [5, 5.41) is 3.36. The van der Waals surface area contributed by atoms with Crippen LogP contribution in [-0.2, 0) is 14.8 Å². The predicted molar refractivity (Wildman–Crippen MR) is 139 cm³/mol. The lowest BCUT2D eigenvalue weighted by molar-refractivity contribution is -0.120. The van der Waals surface area contributed by atoms with Crippen molar-refractivity contribution in [3.63, 3.8) is 0 Å². The van der Waals surface area contributed by atoms with E-state index in [0.717, 1.165) is 0 Å². The second-order valence-corrected chi connectivity index (χ2v) is 11.2. The molecule has 1 heterocycles. The van der Waals surface area contributed by atoms with Crippen molar-refractivity contribution >= 4 is 50.6 Å². The molecule has 0 unspecified atom stereocenters. The zero-order valence-corrected chi connectivity index (χ0v) is 21.7. The molecule has 1 fully saturated rings. The first kappa shape index (κ1) is 26.2. The minimum Gasteiger partial charge on any atom is -0.495 e. The molecule has 3 aromatic rings. The van der Waals surface area contributed by atoms with Crippen molar-refractivity contribution in [2.45, 2.75) is 17.7 Å². The number of carbonyl (C=O) groups excluding carboxylic acids is 2. The standard InChI is InChI=1S/C26H24Cl2N2O5S/c1-35-24-12-10-20(15-22(24)28)36(33,34)30-13-5-8-18(16-30)26(32)29-23-11-9-19(27)14-21(23)25(31)17-6-3-2-4-7-17/h2-4,6-7,9-12,14-15,18H,5,8,13,16H2,1H3,(H,29,32)/t18-/m1/s1. The first-order chi connectivity index (χ1) is 17.2. The van der Waals surface area contributed by atoms with Crippen LogP contribution in [0.25, 0.3) is 0 Å². The number of hydrogen-bond acceptors (Lipinski definition) is 5. The van der Waals surface area contributed by atoms with Gasteiger partial charge in [0.2, 0.25) is 15.9 Å². The molecule has 1 aliphatic heterocycles. The molecule has 0 aromatic heterocycles. The van der Waals surface area contributed by atoms with Crippen LogP contribution in [0.4, 0.5) is 5.69 Å². The molecule has 1 aliphatic rings. The first-order valence-corrected chi connectivity index (χ1v) is 13.4. The average molecular weight is 547 g/mol.